The van der Waals surface area contributed by atoms with Crippen LogP contribution in [0.25, 0.3) is 0 Å². The van der Waals surface area contributed by atoms with Crippen molar-refractivity contribution in [2.75, 3.05) is 0 Å². The van der Waals surface area contributed by atoms with Gasteiger partial charge in [0.05, 0.1) is 5.56 Å². The van der Waals surface area contributed by atoms with Gasteiger partial charge in [0.15, 0.2) is 0 Å². The molecule has 2 N–H and O–H groups in total. The van der Waals surface area contributed by atoms with Gasteiger partial charge in [-0.05, 0) is 36.1 Å². The van der Waals surface area contributed by atoms with Gasteiger partial charge in [0.1, 0.15) is 0 Å². The molecule has 0 aromatic heterocycles. The molecular weight excluding hydrogens is 286 g/mol. The monoisotopic (exact) mass is 299 g/mol. The molecule has 18 heavy (non-hydrogen) atoms. The van der Waals surface area contributed by atoms with Crippen LogP contribution in [-0.2, 0) is 6.18 Å². The van der Waals surface area contributed by atoms with E-state index in [1.807, 2.05) is 0 Å². The highest BCUT2D eigenvalue weighted by molar-refractivity contribution is 6.30. The minimum atomic E-state index is -4.38. The van der Waals surface area contributed by atoms with E-state index in [0.717, 1.165) is 31.4 Å². The summed E-state index contributed by atoms with van der Waals surface area (Å²) in [5.41, 5.74) is 5.63. The Hall–Kier alpha value is -0.450. The van der Waals surface area contributed by atoms with Crippen molar-refractivity contribution >= 4 is 24.0 Å². The number of benzene rings is 1. The number of hydrogen-bond donors (Lipinski definition) is 1. The van der Waals surface area contributed by atoms with E-state index in [4.69, 9.17) is 17.3 Å². The summed E-state index contributed by atoms with van der Waals surface area (Å²) in [5, 5.41) is 0.0843. The third-order valence-electron chi connectivity index (χ3n) is 2.96. The number of hydrogen-bond acceptors (Lipinski definition) is 1. The van der Waals surface area contributed by atoms with Crippen LogP contribution in [0.5, 0.6) is 0 Å². The summed E-state index contributed by atoms with van der Waals surface area (Å²) in [6.45, 7) is 0. The molecule has 1 aliphatic rings. The molecule has 6 heteroatoms. The first kappa shape index (κ1) is 15.6. The second-order valence-corrected chi connectivity index (χ2v) is 4.99. The highest BCUT2D eigenvalue weighted by Gasteiger charge is 2.32. The fourth-order valence-corrected chi connectivity index (χ4v) is 2.08. The average molecular weight is 300 g/mol. The van der Waals surface area contributed by atoms with Crippen LogP contribution >= 0.6 is 24.0 Å². The topological polar surface area (TPSA) is 26.0 Å². The zero-order valence-electron chi connectivity index (χ0n) is 9.51. The van der Waals surface area contributed by atoms with E-state index in [1.165, 1.54) is 6.07 Å². The highest BCUT2D eigenvalue weighted by atomic mass is 35.5. The maximum absolute atomic E-state index is 12.6. The van der Waals surface area contributed by atoms with Crippen molar-refractivity contribution in [3.63, 3.8) is 0 Å². The molecule has 0 aliphatic heterocycles. The summed E-state index contributed by atoms with van der Waals surface area (Å²) in [4.78, 5) is 0. The van der Waals surface area contributed by atoms with Gasteiger partial charge < -0.3 is 5.73 Å². The molecule has 0 heterocycles. The summed E-state index contributed by atoms with van der Waals surface area (Å²) >= 11 is 5.70. The third kappa shape index (κ3) is 4.04. The van der Waals surface area contributed by atoms with Crippen LogP contribution < -0.4 is 5.73 Å². The molecule has 0 unspecified atom stereocenters. The van der Waals surface area contributed by atoms with E-state index >= 15 is 0 Å². The lowest BCUT2D eigenvalue weighted by Gasteiger charge is -2.15. The van der Waals surface area contributed by atoms with Gasteiger partial charge in [-0.2, -0.15) is 13.2 Å². The Labute approximate surface area is 115 Å². The summed E-state index contributed by atoms with van der Waals surface area (Å²) in [6.07, 6.45) is -1.39. The molecule has 1 fully saturated rings. The lowest BCUT2D eigenvalue weighted by Crippen LogP contribution is -2.13. The Kier molecular flexibility index (Phi) is 4.92. The van der Waals surface area contributed by atoms with E-state index in [1.54, 1.807) is 0 Å². The van der Waals surface area contributed by atoms with Gasteiger partial charge >= 0.3 is 6.18 Å². The van der Waals surface area contributed by atoms with Crippen molar-refractivity contribution in [1.29, 1.82) is 0 Å². The number of halogens is 5. The first-order valence-corrected chi connectivity index (χ1v) is 5.87. The maximum Gasteiger partial charge on any atom is 0.416 e. The number of rotatable bonds is 3. The molecule has 2 rings (SSSR count). The van der Waals surface area contributed by atoms with Gasteiger partial charge in [0.2, 0.25) is 0 Å². The molecule has 1 aromatic carbocycles. The zero-order chi connectivity index (χ0) is 12.6. The molecule has 0 amide bonds. The fourth-order valence-electron chi connectivity index (χ4n) is 1.84. The van der Waals surface area contributed by atoms with E-state index in [2.05, 4.69) is 0 Å². The SMILES string of the molecule is Cl.N[C@H](CC1CC1)c1cc(Cl)cc(C(F)(F)F)c1. The van der Waals surface area contributed by atoms with Crippen molar-refractivity contribution in [3.05, 3.63) is 34.3 Å². The van der Waals surface area contributed by atoms with E-state index in [0.29, 0.717) is 11.5 Å². The fraction of sp³-hybridized carbons (Fsp3) is 0.500. The molecule has 1 nitrogen and oxygen atoms in total. The molecule has 0 spiro atoms. The molecule has 0 radical (unpaired) electrons. The summed E-state index contributed by atoms with van der Waals surface area (Å²) < 4.78 is 37.8. The van der Waals surface area contributed by atoms with Gasteiger partial charge in [-0.15, -0.1) is 12.4 Å². The summed E-state index contributed by atoms with van der Waals surface area (Å²) in [6, 6.07) is 3.18. The first-order chi connectivity index (χ1) is 7.86. The van der Waals surface area contributed by atoms with Crippen LogP contribution in [0.3, 0.4) is 0 Å². The van der Waals surface area contributed by atoms with Crippen LogP contribution in [0.1, 0.15) is 36.4 Å². The predicted molar refractivity (Wildman–Crippen MR) is 68.0 cm³/mol. The third-order valence-corrected chi connectivity index (χ3v) is 3.18. The Bertz CT molecular complexity index is 416. The smallest absolute Gasteiger partial charge is 0.324 e. The van der Waals surface area contributed by atoms with Crippen molar-refractivity contribution in [3.8, 4) is 0 Å². The van der Waals surface area contributed by atoms with Crippen LogP contribution in [0.4, 0.5) is 13.2 Å². The van der Waals surface area contributed by atoms with Gasteiger partial charge in [0, 0.05) is 11.1 Å². The largest absolute Gasteiger partial charge is 0.416 e. The summed E-state index contributed by atoms with van der Waals surface area (Å²) in [5.74, 6) is 0.568. The molecular formula is C12H14Cl2F3N. The normalized spacial score (nSPS) is 17.2. The summed E-state index contributed by atoms with van der Waals surface area (Å²) in [7, 11) is 0. The molecule has 0 bridgehead atoms. The second kappa shape index (κ2) is 5.68. The van der Waals surface area contributed by atoms with Crippen LogP contribution in [-0.4, -0.2) is 0 Å². The first-order valence-electron chi connectivity index (χ1n) is 5.49. The lowest BCUT2D eigenvalue weighted by atomic mass is 10.00. The van der Waals surface area contributed by atoms with Crippen LogP contribution in [0.15, 0.2) is 18.2 Å². The molecule has 1 saturated carbocycles. The molecule has 1 atom stereocenters. The Morgan fingerprint density at radius 1 is 1.28 bits per heavy atom. The molecule has 0 saturated heterocycles. The molecule has 1 aromatic rings. The van der Waals surface area contributed by atoms with E-state index < -0.39 is 11.7 Å². The van der Waals surface area contributed by atoms with Crippen molar-refractivity contribution in [2.45, 2.75) is 31.5 Å². The van der Waals surface area contributed by atoms with Crippen molar-refractivity contribution in [1.82, 2.24) is 0 Å². The predicted octanol–water partition coefficient (Wildman–Crippen LogP) is 4.58. The van der Waals surface area contributed by atoms with Crippen molar-refractivity contribution < 1.29 is 13.2 Å². The number of alkyl halides is 3. The highest BCUT2D eigenvalue weighted by Crippen LogP contribution is 2.38. The van der Waals surface area contributed by atoms with Gasteiger partial charge in [-0.3, -0.25) is 0 Å². The minimum absolute atomic E-state index is 0. The molecule has 1 aliphatic carbocycles. The van der Waals surface area contributed by atoms with Gasteiger partial charge in [-0.1, -0.05) is 24.4 Å². The van der Waals surface area contributed by atoms with Gasteiger partial charge in [0.25, 0.3) is 0 Å². The average Bonchev–Trinajstić information content (AvgIpc) is 2.99. The molecule has 102 valence electrons. The standard InChI is InChI=1S/C12H13ClF3N.ClH/c13-10-5-8(11(17)3-7-1-2-7)4-9(6-10)12(14,15)16;/h4-7,11H,1-3,17H2;1H/t11-;/m1./s1. The quantitative estimate of drug-likeness (QED) is 0.868. The maximum atomic E-state index is 12.6. The van der Waals surface area contributed by atoms with Gasteiger partial charge in [-0.25, -0.2) is 0 Å². The van der Waals surface area contributed by atoms with E-state index in [9.17, 15) is 13.2 Å². The Morgan fingerprint density at radius 3 is 2.39 bits per heavy atom. The van der Waals surface area contributed by atoms with Crippen LogP contribution in [0.2, 0.25) is 5.02 Å². The Morgan fingerprint density at radius 2 is 1.89 bits per heavy atom. The number of nitrogens with two attached hydrogens (primary N) is 1. The zero-order valence-corrected chi connectivity index (χ0v) is 11.1. The second-order valence-electron chi connectivity index (χ2n) is 4.56. The van der Waals surface area contributed by atoms with Crippen LogP contribution in [0, 0.1) is 5.92 Å². The Balaban J connectivity index is 0.00000162. The minimum Gasteiger partial charge on any atom is -0.324 e. The van der Waals surface area contributed by atoms with E-state index in [-0.39, 0.29) is 23.5 Å². The lowest BCUT2D eigenvalue weighted by molar-refractivity contribution is -0.137. The van der Waals surface area contributed by atoms with Crippen molar-refractivity contribution in [2.24, 2.45) is 11.7 Å².